The van der Waals surface area contributed by atoms with Gasteiger partial charge in [-0.2, -0.15) is 0 Å². The van der Waals surface area contributed by atoms with Gasteiger partial charge in [-0.15, -0.1) is 0 Å². The van der Waals surface area contributed by atoms with Gasteiger partial charge in [-0.05, 0) is 43.2 Å². The molecule has 0 radical (unpaired) electrons. The highest BCUT2D eigenvalue weighted by Crippen LogP contribution is 2.15. The van der Waals surface area contributed by atoms with E-state index in [-0.39, 0.29) is 6.42 Å². The smallest absolute Gasteiger partial charge is 0.336 e. The summed E-state index contributed by atoms with van der Waals surface area (Å²) >= 11 is 0. The maximum atomic E-state index is 13.0. The Morgan fingerprint density at radius 2 is 1.84 bits per heavy atom. The number of fused-ring (bicyclic) bond motifs is 1. The maximum Gasteiger partial charge on any atom is 0.336 e. The van der Waals surface area contributed by atoms with E-state index in [0.717, 1.165) is 10.1 Å². The summed E-state index contributed by atoms with van der Waals surface area (Å²) in [5.74, 6) is -0.970. The average Bonchev–Trinajstić information content (AvgIpc) is 2.57. The Hall–Kier alpha value is -3.15. The van der Waals surface area contributed by atoms with Gasteiger partial charge in [0.15, 0.2) is 0 Å². The quantitative estimate of drug-likeness (QED) is 0.790. The Bertz CT molecular complexity index is 1090. The van der Waals surface area contributed by atoms with E-state index in [1.165, 1.54) is 4.57 Å². The molecule has 2 aromatic carbocycles. The van der Waals surface area contributed by atoms with E-state index in [2.05, 4.69) is 0 Å². The fraction of sp³-hybridized carbons (Fsp3) is 0.211. The normalized spacial score (nSPS) is 11.0. The number of carboxylic acids is 1. The molecule has 1 heterocycles. The van der Waals surface area contributed by atoms with Crippen molar-refractivity contribution in [1.29, 1.82) is 0 Å². The SMILES string of the molecule is CCn1c(=O)n(-c2ccccc2C)c(=O)c2cc(CC(=O)O)ccc21. The van der Waals surface area contributed by atoms with Crippen molar-refractivity contribution in [3.63, 3.8) is 0 Å². The van der Waals surface area contributed by atoms with E-state index in [1.54, 1.807) is 30.3 Å². The Morgan fingerprint density at radius 3 is 2.48 bits per heavy atom. The summed E-state index contributed by atoms with van der Waals surface area (Å²) < 4.78 is 2.68. The molecule has 0 unspecified atom stereocenters. The number of benzene rings is 2. The standard InChI is InChI=1S/C19H18N2O4/c1-3-20-16-9-8-13(11-17(22)23)10-14(16)18(24)21(19(20)25)15-7-5-4-6-12(15)2/h4-10H,3,11H2,1-2H3,(H,22,23). The summed E-state index contributed by atoms with van der Waals surface area (Å²) in [7, 11) is 0. The number of rotatable bonds is 4. The number of carboxylic acid groups (broad SMARTS) is 1. The van der Waals surface area contributed by atoms with Gasteiger partial charge < -0.3 is 5.11 Å². The number of aliphatic carboxylic acids is 1. The zero-order valence-electron chi connectivity index (χ0n) is 14.0. The van der Waals surface area contributed by atoms with Crippen molar-refractivity contribution in [2.45, 2.75) is 26.8 Å². The first-order valence-corrected chi connectivity index (χ1v) is 8.00. The Kier molecular flexibility index (Phi) is 4.27. The topological polar surface area (TPSA) is 81.3 Å². The van der Waals surface area contributed by atoms with Crippen molar-refractivity contribution in [2.75, 3.05) is 0 Å². The Morgan fingerprint density at radius 1 is 1.12 bits per heavy atom. The summed E-state index contributed by atoms with van der Waals surface area (Å²) in [5, 5.41) is 9.32. The Labute approximate surface area is 143 Å². The molecule has 1 N–H and O–H groups in total. The van der Waals surface area contributed by atoms with Crippen LogP contribution in [0, 0.1) is 6.92 Å². The second kappa shape index (κ2) is 6.39. The van der Waals surface area contributed by atoms with E-state index in [4.69, 9.17) is 5.11 Å². The Balaban J connectivity index is 2.42. The van der Waals surface area contributed by atoms with Crippen LogP contribution < -0.4 is 11.2 Å². The average molecular weight is 338 g/mol. The molecule has 0 aliphatic heterocycles. The lowest BCUT2D eigenvalue weighted by Gasteiger charge is -2.14. The molecule has 0 spiro atoms. The lowest BCUT2D eigenvalue weighted by Crippen LogP contribution is -2.39. The molecule has 6 nitrogen and oxygen atoms in total. The minimum atomic E-state index is -0.970. The highest BCUT2D eigenvalue weighted by Gasteiger charge is 2.15. The van der Waals surface area contributed by atoms with Gasteiger partial charge >= 0.3 is 11.7 Å². The number of aryl methyl sites for hydroxylation is 2. The van der Waals surface area contributed by atoms with Crippen molar-refractivity contribution in [3.05, 3.63) is 74.4 Å². The van der Waals surface area contributed by atoms with Crippen LogP contribution >= 0.6 is 0 Å². The van der Waals surface area contributed by atoms with Gasteiger partial charge in [-0.25, -0.2) is 9.36 Å². The van der Waals surface area contributed by atoms with Crippen LogP contribution in [0.15, 0.2) is 52.1 Å². The molecule has 0 saturated heterocycles. The third-order valence-electron chi connectivity index (χ3n) is 4.24. The zero-order chi connectivity index (χ0) is 18.1. The number of carbonyl (C=O) groups is 1. The number of hydrogen-bond donors (Lipinski definition) is 1. The molecule has 6 heteroatoms. The van der Waals surface area contributed by atoms with Crippen LogP contribution in [-0.4, -0.2) is 20.2 Å². The van der Waals surface area contributed by atoms with Crippen LogP contribution in [-0.2, 0) is 17.8 Å². The van der Waals surface area contributed by atoms with E-state index in [9.17, 15) is 14.4 Å². The molecule has 0 fully saturated rings. The predicted molar refractivity (Wildman–Crippen MR) is 95.6 cm³/mol. The first-order valence-electron chi connectivity index (χ1n) is 8.00. The van der Waals surface area contributed by atoms with E-state index in [1.807, 2.05) is 26.0 Å². The van der Waals surface area contributed by atoms with Crippen molar-refractivity contribution in [3.8, 4) is 5.69 Å². The number of aromatic nitrogens is 2. The van der Waals surface area contributed by atoms with Gasteiger partial charge in [0.2, 0.25) is 0 Å². The predicted octanol–water partition coefficient (Wildman–Crippen LogP) is 2.11. The van der Waals surface area contributed by atoms with Crippen LogP contribution in [0.2, 0.25) is 0 Å². The van der Waals surface area contributed by atoms with Crippen molar-refractivity contribution in [2.24, 2.45) is 0 Å². The van der Waals surface area contributed by atoms with Gasteiger partial charge in [0.25, 0.3) is 5.56 Å². The zero-order valence-corrected chi connectivity index (χ0v) is 14.0. The molecule has 0 saturated carbocycles. The number of hydrogen-bond acceptors (Lipinski definition) is 3. The van der Waals surface area contributed by atoms with Crippen LogP contribution in [0.25, 0.3) is 16.6 Å². The lowest BCUT2D eigenvalue weighted by molar-refractivity contribution is -0.136. The highest BCUT2D eigenvalue weighted by molar-refractivity contribution is 5.81. The molecule has 25 heavy (non-hydrogen) atoms. The molecule has 3 rings (SSSR count). The van der Waals surface area contributed by atoms with Crippen molar-refractivity contribution < 1.29 is 9.90 Å². The largest absolute Gasteiger partial charge is 0.481 e. The highest BCUT2D eigenvalue weighted by atomic mass is 16.4. The minimum absolute atomic E-state index is 0.176. The third kappa shape index (κ3) is 2.87. The van der Waals surface area contributed by atoms with E-state index in [0.29, 0.717) is 28.7 Å². The summed E-state index contributed by atoms with van der Waals surface area (Å²) in [6, 6.07) is 12.0. The number of para-hydroxylation sites is 1. The molecule has 3 aromatic rings. The van der Waals surface area contributed by atoms with Crippen LogP contribution in [0.1, 0.15) is 18.1 Å². The van der Waals surface area contributed by atoms with Gasteiger partial charge in [-0.1, -0.05) is 24.3 Å². The third-order valence-corrected chi connectivity index (χ3v) is 4.24. The molecular formula is C19H18N2O4. The van der Waals surface area contributed by atoms with Gasteiger partial charge in [0.1, 0.15) is 0 Å². The molecule has 128 valence electrons. The molecule has 0 amide bonds. The second-order valence-corrected chi connectivity index (χ2v) is 5.88. The molecule has 0 atom stereocenters. The molecule has 1 aromatic heterocycles. The first kappa shape index (κ1) is 16.7. The van der Waals surface area contributed by atoms with E-state index >= 15 is 0 Å². The fourth-order valence-electron chi connectivity index (χ4n) is 3.04. The van der Waals surface area contributed by atoms with Gasteiger partial charge in [-0.3, -0.25) is 14.2 Å². The summed E-state index contributed by atoms with van der Waals surface area (Å²) in [5.41, 5.74) is 1.54. The van der Waals surface area contributed by atoms with Crippen molar-refractivity contribution in [1.82, 2.24) is 9.13 Å². The van der Waals surface area contributed by atoms with Gasteiger partial charge in [0, 0.05) is 6.54 Å². The summed E-state index contributed by atoms with van der Waals surface area (Å²) in [6.07, 6.45) is -0.176. The summed E-state index contributed by atoms with van der Waals surface area (Å²) in [6.45, 7) is 4.07. The first-order chi connectivity index (χ1) is 11.9. The van der Waals surface area contributed by atoms with Crippen LogP contribution in [0.3, 0.4) is 0 Å². The maximum absolute atomic E-state index is 13.0. The van der Waals surface area contributed by atoms with Gasteiger partial charge in [0.05, 0.1) is 23.0 Å². The van der Waals surface area contributed by atoms with Crippen molar-refractivity contribution >= 4 is 16.9 Å². The second-order valence-electron chi connectivity index (χ2n) is 5.88. The minimum Gasteiger partial charge on any atom is -0.481 e. The van der Waals surface area contributed by atoms with Crippen LogP contribution in [0.4, 0.5) is 0 Å². The number of nitrogens with zero attached hydrogens (tertiary/aromatic N) is 2. The fourth-order valence-corrected chi connectivity index (χ4v) is 3.04. The monoisotopic (exact) mass is 338 g/mol. The molecule has 0 aliphatic rings. The lowest BCUT2D eigenvalue weighted by atomic mass is 10.1. The van der Waals surface area contributed by atoms with E-state index < -0.39 is 17.2 Å². The molecule has 0 bridgehead atoms. The van der Waals surface area contributed by atoms with Crippen LogP contribution in [0.5, 0.6) is 0 Å². The summed E-state index contributed by atoms with van der Waals surface area (Å²) in [4.78, 5) is 36.9. The molecular weight excluding hydrogens is 320 g/mol. The molecule has 0 aliphatic carbocycles.